The molecule has 0 bridgehead atoms. The van der Waals surface area contributed by atoms with Crippen molar-refractivity contribution in [3.8, 4) is 0 Å². The second kappa shape index (κ2) is 10.9. The summed E-state index contributed by atoms with van der Waals surface area (Å²) in [5, 5.41) is 3.10. The molecule has 1 saturated heterocycles. The molecule has 1 aliphatic heterocycles. The summed E-state index contributed by atoms with van der Waals surface area (Å²) in [4.78, 5) is 12.7. The van der Waals surface area contributed by atoms with Crippen LogP contribution in [0.15, 0.2) is 47.4 Å². The van der Waals surface area contributed by atoms with Crippen molar-refractivity contribution in [3.05, 3.63) is 64.2 Å². The van der Waals surface area contributed by atoms with Crippen LogP contribution in [0.25, 0.3) is 0 Å². The fourth-order valence-corrected chi connectivity index (χ4v) is 6.04. The van der Waals surface area contributed by atoms with Gasteiger partial charge >= 0.3 is 0 Å². The Labute approximate surface area is 194 Å². The SMILES string of the molecule is Cc1cccc(CSCCNC(=O)c2cc(S(=O)(=O)N3CCC(C)CC3)ccc2Cl)c1. The van der Waals surface area contributed by atoms with Crippen LogP contribution in [-0.4, -0.2) is 44.0 Å². The molecule has 3 rings (SSSR count). The van der Waals surface area contributed by atoms with Crippen molar-refractivity contribution in [2.24, 2.45) is 5.92 Å². The number of benzene rings is 2. The number of hydrogen-bond donors (Lipinski definition) is 1. The molecule has 1 amide bonds. The molecular weight excluding hydrogens is 452 g/mol. The van der Waals surface area contributed by atoms with Crippen LogP contribution in [0.3, 0.4) is 0 Å². The first kappa shape index (κ1) is 24.1. The van der Waals surface area contributed by atoms with Gasteiger partial charge in [0.1, 0.15) is 0 Å². The number of carbonyl (C=O) groups is 1. The zero-order valence-corrected chi connectivity index (χ0v) is 20.3. The van der Waals surface area contributed by atoms with Gasteiger partial charge in [0.05, 0.1) is 15.5 Å². The van der Waals surface area contributed by atoms with Crippen molar-refractivity contribution in [3.63, 3.8) is 0 Å². The molecule has 2 aromatic rings. The van der Waals surface area contributed by atoms with Gasteiger partial charge in [0.15, 0.2) is 0 Å². The number of sulfonamides is 1. The lowest BCUT2D eigenvalue weighted by Crippen LogP contribution is -2.38. The number of rotatable bonds is 8. The fraction of sp³-hybridized carbons (Fsp3) is 0.435. The van der Waals surface area contributed by atoms with Crippen LogP contribution >= 0.6 is 23.4 Å². The Balaban J connectivity index is 1.57. The van der Waals surface area contributed by atoms with Gasteiger partial charge in [-0.1, -0.05) is 48.4 Å². The van der Waals surface area contributed by atoms with Crippen LogP contribution in [0, 0.1) is 12.8 Å². The Bertz CT molecular complexity index is 1020. The highest BCUT2D eigenvalue weighted by molar-refractivity contribution is 7.98. The van der Waals surface area contributed by atoms with E-state index in [1.54, 1.807) is 11.8 Å². The Hall–Kier alpha value is -1.54. The number of nitrogens with one attached hydrogen (secondary N) is 1. The summed E-state index contributed by atoms with van der Waals surface area (Å²) in [7, 11) is -3.63. The number of aryl methyl sites for hydroxylation is 1. The fourth-order valence-electron chi connectivity index (χ4n) is 3.54. The van der Waals surface area contributed by atoms with E-state index in [2.05, 4.69) is 37.4 Å². The predicted molar refractivity (Wildman–Crippen MR) is 128 cm³/mol. The Morgan fingerprint density at radius 2 is 1.94 bits per heavy atom. The molecule has 1 fully saturated rings. The molecular formula is C23H29ClN2O3S2. The Kier molecular flexibility index (Phi) is 8.44. The van der Waals surface area contributed by atoms with E-state index in [4.69, 9.17) is 11.6 Å². The normalized spacial score (nSPS) is 15.7. The molecule has 5 nitrogen and oxygen atoms in total. The number of halogens is 1. The number of hydrogen-bond acceptors (Lipinski definition) is 4. The molecule has 0 saturated carbocycles. The lowest BCUT2D eigenvalue weighted by atomic mass is 10.0. The summed E-state index contributed by atoms with van der Waals surface area (Å²) < 4.78 is 27.5. The van der Waals surface area contributed by atoms with Crippen molar-refractivity contribution in [1.29, 1.82) is 0 Å². The smallest absolute Gasteiger partial charge is 0.252 e. The minimum Gasteiger partial charge on any atom is -0.351 e. The highest BCUT2D eigenvalue weighted by Crippen LogP contribution is 2.26. The van der Waals surface area contributed by atoms with E-state index in [0.29, 0.717) is 25.6 Å². The Morgan fingerprint density at radius 3 is 2.65 bits per heavy atom. The third kappa shape index (κ3) is 6.48. The molecule has 1 N–H and O–H groups in total. The number of amides is 1. The molecule has 2 aromatic carbocycles. The standard InChI is InChI=1S/C23H29ClN2O3S2/c1-17-8-11-26(12-9-17)31(28,29)20-6-7-22(24)21(15-20)23(27)25-10-13-30-16-19-5-3-4-18(2)14-19/h3-7,14-15,17H,8-13,16H2,1-2H3,(H,25,27). The third-order valence-corrected chi connectivity index (χ3v) is 8.70. The van der Waals surface area contributed by atoms with E-state index in [9.17, 15) is 13.2 Å². The summed E-state index contributed by atoms with van der Waals surface area (Å²) in [6.45, 7) is 5.69. The molecule has 31 heavy (non-hydrogen) atoms. The summed E-state index contributed by atoms with van der Waals surface area (Å²) in [6.07, 6.45) is 1.70. The first-order valence-corrected chi connectivity index (χ1v) is 13.5. The molecule has 0 aliphatic carbocycles. The van der Waals surface area contributed by atoms with E-state index >= 15 is 0 Å². The van der Waals surface area contributed by atoms with E-state index in [1.807, 2.05) is 6.07 Å². The van der Waals surface area contributed by atoms with Crippen LogP contribution < -0.4 is 5.32 Å². The largest absolute Gasteiger partial charge is 0.351 e. The maximum atomic E-state index is 13.0. The number of piperidine rings is 1. The molecule has 1 heterocycles. The van der Waals surface area contributed by atoms with Gasteiger partial charge in [-0.25, -0.2) is 8.42 Å². The number of carbonyl (C=O) groups excluding carboxylic acids is 1. The highest BCUT2D eigenvalue weighted by atomic mass is 35.5. The summed E-state index contributed by atoms with van der Waals surface area (Å²) in [5.41, 5.74) is 2.68. The summed E-state index contributed by atoms with van der Waals surface area (Å²) in [6, 6.07) is 12.7. The van der Waals surface area contributed by atoms with Crippen molar-refractivity contribution in [1.82, 2.24) is 9.62 Å². The first-order chi connectivity index (χ1) is 14.8. The van der Waals surface area contributed by atoms with Gasteiger partial charge in [-0.05, 0) is 49.4 Å². The van der Waals surface area contributed by atoms with E-state index in [1.165, 1.54) is 33.6 Å². The van der Waals surface area contributed by atoms with Crippen molar-refractivity contribution >= 4 is 39.3 Å². The van der Waals surface area contributed by atoms with E-state index in [-0.39, 0.29) is 21.4 Å². The van der Waals surface area contributed by atoms with E-state index in [0.717, 1.165) is 24.3 Å². The van der Waals surface area contributed by atoms with Gasteiger partial charge in [0, 0.05) is 31.1 Å². The van der Waals surface area contributed by atoms with Crippen LogP contribution in [0.5, 0.6) is 0 Å². The highest BCUT2D eigenvalue weighted by Gasteiger charge is 2.29. The zero-order chi connectivity index (χ0) is 22.4. The molecule has 168 valence electrons. The van der Waals surface area contributed by atoms with Gasteiger partial charge < -0.3 is 5.32 Å². The van der Waals surface area contributed by atoms with Gasteiger partial charge in [-0.3, -0.25) is 4.79 Å². The van der Waals surface area contributed by atoms with Crippen molar-refractivity contribution in [2.45, 2.75) is 37.3 Å². The van der Waals surface area contributed by atoms with Gasteiger partial charge in [0.25, 0.3) is 5.91 Å². The van der Waals surface area contributed by atoms with Crippen LogP contribution in [0.2, 0.25) is 5.02 Å². The van der Waals surface area contributed by atoms with Crippen LogP contribution in [0.1, 0.15) is 41.3 Å². The molecule has 8 heteroatoms. The summed E-state index contributed by atoms with van der Waals surface area (Å²) in [5.74, 6) is 1.80. The monoisotopic (exact) mass is 480 g/mol. The number of thioether (sulfide) groups is 1. The summed E-state index contributed by atoms with van der Waals surface area (Å²) >= 11 is 7.94. The molecule has 0 spiro atoms. The molecule has 1 aliphatic rings. The third-order valence-electron chi connectivity index (χ3n) is 5.45. The molecule has 0 atom stereocenters. The van der Waals surface area contributed by atoms with E-state index < -0.39 is 10.0 Å². The topological polar surface area (TPSA) is 66.5 Å². The maximum absolute atomic E-state index is 13.0. The van der Waals surface area contributed by atoms with Gasteiger partial charge in [-0.2, -0.15) is 16.1 Å². The zero-order valence-electron chi connectivity index (χ0n) is 17.9. The minimum absolute atomic E-state index is 0.116. The Morgan fingerprint density at radius 1 is 1.19 bits per heavy atom. The van der Waals surface area contributed by atoms with Gasteiger partial charge in [-0.15, -0.1) is 0 Å². The van der Waals surface area contributed by atoms with Crippen LogP contribution in [-0.2, 0) is 15.8 Å². The average Bonchev–Trinajstić information content (AvgIpc) is 2.74. The molecule has 0 aromatic heterocycles. The molecule has 0 unspecified atom stereocenters. The number of nitrogens with zero attached hydrogens (tertiary/aromatic N) is 1. The quantitative estimate of drug-likeness (QED) is 0.554. The predicted octanol–water partition coefficient (Wildman–Crippen LogP) is 4.73. The maximum Gasteiger partial charge on any atom is 0.252 e. The van der Waals surface area contributed by atoms with Crippen molar-refractivity contribution in [2.75, 3.05) is 25.4 Å². The molecule has 0 radical (unpaired) electrons. The van der Waals surface area contributed by atoms with Gasteiger partial charge in [0.2, 0.25) is 10.0 Å². The first-order valence-electron chi connectivity index (χ1n) is 10.5. The lowest BCUT2D eigenvalue weighted by Gasteiger charge is -2.29. The van der Waals surface area contributed by atoms with Crippen LogP contribution in [0.4, 0.5) is 0 Å². The lowest BCUT2D eigenvalue weighted by molar-refractivity contribution is 0.0956. The second-order valence-corrected chi connectivity index (χ2v) is 11.5. The minimum atomic E-state index is -3.63. The second-order valence-electron chi connectivity index (χ2n) is 8.03. The van der Waals surface area contributed by atoms with Crippen molar-refractivity contribution < 1.29 is 13.2 Å². The average molecular weight is 481 g/mol.